The van der Waals surface area contributed by atoms with E-state index < -0.39 is 0 Å². The summed E-state index contributed by atoms with van der Waals surface area (Å²) in [5.74, 6) is 0.370. The number of para-hydroxylation sites is 1. The highest BCUT2D eigenvalue weighted by atomic mass is 16.5. The molecule has 4 aromatic rings. The standard InChI is InChI=1S/C21H19N5O3/c1-29-19-10-6-5-9-16(19)12-22-20(27)13-25-21(28)18-11-17(24-26(18)14-23-25)15-7-3-2-4-8-15/h2-11,14H,12-13H2,1H3,(H,22,27). The second kappa shape index (κ2) is 7.97. The Labute approximate surface area is 166 Å². The van der Waals surface area contributed by atoms with E-state index in [4.69, 9.17) is 4.74 Å². The van der Waals surface area contributed by atoms with Crippen molar-refractivity contribution in [1.29, 1.82) is 0 Å². The average molecular weight is 389 g/mol. The van der Waals surface area contributed by atoms with Gasteiger partial charge in [-0.1, -0.05) is 48.5 Å². The number of rotatable bonds is 6. The first kappa shape index (κ1) is 18.4. The lowest BCUT2D eigenvalue weighted by Crippen LogP contribution is -2.34. The zero-order chi connectivity index (χ0) is 20.2. The molecule has 0 saturated carbocycles. The molecule has 0 radical (unpaired) electrons. The van der Waals surface area contributed by atoms with Gasteiger partial charge >= 0.3 is 0 Å². The molecule has 2 heterocycles. The van der Waals surface area contributed by atoms with Crippen LogP contribution in [0.1, 0.15) is 5.56 Å². The lowest BCUT2D eigenvalue weighted by atomic mass is 10.1. The molecule has 0 aliphatic rings. The summed E-state index contributed by atoms with van der Waals surface area (Å²) in [7, 11) is 1.58. The molecule has 2 aromatic carbocycles. The zero-order valence-electron chi connectivity index (χ0n) is 15.8. The largest absolute Gasteiger partial charge is 0.496 e. The predicted octanol–water partition coefficient (Wildman–Crippen LogP) is 1.88. The first-order valence-corrected chi connectivity index (χ1v) is 9.05. The van der Waals surface area contributed by atoms with E-state index in [0.717, 1.165) is 15.8 Å². The topological polar surface area (TPSA) is 90.5 Å². The van der Waals surface area contributed by atoms with Crippen molar-refractivity contribution < 1.29 is 9.53 Å². The molecule has 1 amide bonds. The van der Waals surface area contributed by atoms with Gasteiger partial charge in [0.15, 0.2) is 0 Å². The second-order valence-electron chi connectivity index (χ2n) is 6.41. The van der Waals surface area contributed by atoms with Gasteiger partial charge in [0.25, 0.3) is 5.56 Å². The summed E-state index contributed by atoms with van der Waals surface area (Å²) in [5, 5.41) is 11.2. The number of aromatic nitrogens is 4. The maximum atomic E-state index is 12.7. The average Bonchev–Trinajstić information content (AvgIpc) is 3.20. The number of methoxy groups -OCH3 is 1. The molecule has 0 unspecified atom stereocenters. The lowest BCUT2D eigenvalue weighted by molar-refractivity contribution is -0.122. The number of fused-ring (bicyclic) bond motifs is 1. The minimum absolute atomic E-state index is 0.184. The number of carbonyl (C=O) groups is 1. The highest BCUT2D eigenvalue weighted by Crippen LogP contribution is 2.18. The molecule has 0 atom stereocenters. The van der Waals surface area contributed by atoms with Crippen LogP contribution in [0.3, 0.4) is 0 Å². The Morgan fingerprint density at radius 3 is 2.66 bits per heavy atom. The Balaban J connectivity index is 1.51. The van der Waals surface area contributed by atoms with Crippen molar-refractivity contribution in [3.05, 3.63) is 82.9 Å². The van der Waals surface area contributed by atoms with Gasteiger partial charge in [-0.05, 0) is 12.1 Å². The summed E-state index contributed by atoms with van der Waals surface area (Å²) in [6.45, 7) is 0.112. The molecule has 1 N–H and O–H groups in total. The van der Waals surface area contributed by atoms with Crippen LogP contribution in [0, 0.1) is 0 Å². The van der Waals surface area contributed by atoms with Gasteiger partial charge in [-0.2, -0.15) is 10.2 Å². The Morgan fingerprint density at radius 1 is 1.10 bits per heavy atom. The van der Waals surface area contributed by atoms with E-state index >= 15 is 0 Å². The smallest absolute Gasteiger partial charge is 0.293 e. The fourth-order valence-corrected chi connectivity index (χ4v) is 3.04. The number of amides is 1. The third-order valence-corrected chi connectivity index (χ3v) is 4.52. The van der Waals surface area contributed by atoms with Crippen LogP contribution >= 0.6 is 0 Å². The number of ether oxygens (including phenoxy) is 1. The van der Waals surface area contributed by atoms with Gasteiger partial charge in [-0.3, -0.25) is 9.59 Å². The highest BCUT2D eigenvalue weighted by Gasteiger charge is 2.12. The molecule has 0 bridgehead atoms. The van der Waals surface area contributed by atoms with Crippen LogP contribution in [0.2, 0.25) is 0 Å². The molecule has 0 fully saturated rings. The Hall–Kier alpha value is -3.94. The Morgan fingerprint density at radius 2 is 1.86 bits per heavy atom. The fourth-order valence-electron chi connectivity index (χ4n) is 3.04. The van der Waals surface area contributed by atoms with Crippen LogP contribution in [0.15, 0.2) is 71.8 Å². The second-order valence-corrected chi connectivity index (χ2v) is 6.41. The van der Waals surface area contributed by atoms with E-state index in [1.807, 2.05) is 54.6 Å². The fraction of sp³-hybridized carbons (Fsp3) is 0.143. The SMILES string of the molecule is COc1ccccc1CNC(=O)Cn1ncn2nc(-c3ccccc3)cc2c1=O. The van der Waals surface area contributed by atoms with Gasteiger partial charge in [-0.25, -0.2) is 9.20 Å². The van der Waals surface area contributed by atoms with Crippen LogP contribution in [0.5, 0.6) is 5.75 Å². The quantitative estimate of drug-likeness (QED) is 0.544. The van der Waals surface area contributed by atoms with E-state index in [2.05, 4.69) is 15.5 Å². The molecule has 0 spiro atoms. The molecule has 0 saturated heterocycles. The van der Waals surface area contributed by atoms with Crippen LogP contribution in [0.25, 0.3) is 16.8 Å². The van der Waals surface area contributed by atoms with Crippen molar-refractivity contribution in [1.82, 2.24) is 24.7 Å². The van der Waals surface area contributed by atoms with Gasteiger partial charge in [0.05, 0.1) is 12.8 Å². The lowest BCUT2D eigenvalue weighted by Gasteiger charge is -2.10. The molecule has 2 aromatic heterocycles. The van der Waals surface area contributed by atoms with Crippen LogP contribution in [-0.4, -0.2) is 32.4 Å². The number of nitrogens with zero attached hydrogens (tertiary/aromatic N) is 4. The molecular formula is C21H19N5O3. The monoisotopic (exact) mass is 389 g/mol. The maximum Gasteiger partial charge on any atom is 0.293 e. The highest BCUT2D eigenvalue weighted by molar-refractivity contribution is 5.75. The van der Waals surface area contributed by atoms with Crippen molar-refractivity contribution >= 4 is 11.4 Å². The summed E-state index contributed by atoms with van der Waals surface area (Å²) in [6, 6.07) is 18.7. The van der Waals surface area contributed by atoms with Crippen LogP contribution in [-0.2, 0) is 17.9 Å². The van der Waals surface area contributed by atoms with Crippen molar-refractivity contribution in [3.8, 4) is 17.0 Å². The normalized spacial score (nSPS) is 10.8. The third kappa shape index (κ3) is 3.86. The summed E-state index contributed by atoms with van der Waals surface area (Å²) < 4.78 is 7.83. The summed E-state index contributed by atoms with van der Waals surface area (Å²) in [6.07, 6.45) is 1.43. The molecule has 29 heavy (non-hydrogen) atoms. The number of hydrogen-bond donors (Lipinski definition) is 1. The van der Waals surface area contributed by atoms with Crippen molar-refractivity contribution in [3.63, 3.8) is 0 Å². The van der Waals surface area contributed by atoms with Gasteiger partial charge in [-0.15, -0.1) is 0 Å². The number of nitrogens with one attached hydrogen (secondary N) is 1. The predicted molar refractivity (Wildman–Crippen MR) is 108 cm³/mol. The molecule has 0 aliphatic heterocycles. The first-order chi connectivity index (χ1) is 14.2. The molecule has 8 nitrogen and oxygen atoms in total. The first-order valence-electron chi connectivity index (χ1n) is 9.05. The van der Waals surface area contributed by atoms with Crippen molar-refractivity contribution in [2.45, 2.75) is 13.1 Å². The minimum Gasteiger partial charge on any atom is -0.496 e. The van der Waals surface area contributed by atoms with Crippen LogP contribution < -0.4 is 15.6 Å². The molecule has 4 rings (SSSR count). The summed E-state index contributed by atoms with van der Waals surface area (Å²) in [4.78, 5) is 25.0. The van der Waals surface area contributed by atoms with E-state index in [-0.39, 0.29) is 18.0 Å². The Bertz CT molecular complexity index is 1210. The number of hydrogen-bond acceptors (Lipinski definition) is 5. The van der Waals surface area contributed by atoms with Crippen molar-refractivity contribution in [2.75, 3.05) is 7.11 Å². The third-order valence-electron chi connectivity index (χ3n) is 4.52. The van der Waals surface area contributed by atoms with Crippen LogP contribution in [0.4, 0.5) is 0 Å². The summed E-state index contributed by atoms with van der Waals surface area (Å²) >= 11 is 0. The van der Waals surface area contributed by atoms with E-state index in [9.17, 15) is 9.59 Å². The molecule has 0 aliphatic carbocycles. The zero-order valence-corrected chi connectivity index (χ0v) is 15.8. The van der Waals surface area contributed by atoms with E-state index in [1.54, 1.807) is 13.2 Å². The minimum atomic E-state index is -0.380. The molecular weight excluding hydrogens is 370 g/mol. The Kier molecular flexibility index (Phi) is 5.07. The number of benzene rings is 2. The van der Waals surface area contributed by atoms with E-state index in [1.165, 1.54) is 10.8 Å². The summed E-state index contributed by atoms with van der Waals surface area (Å²) in [5.41, 5.74) is 2.40. The van der Waals surface area contributed by atoms with Gasteiger partial charge in [0.1, 0.15) is 24.1 Å². The number of carbonyl (C=O) groups excluding carboxylic acids is 1. The van der Waals surface area contributed by atoms with Gasteiger partial charge in [0, 0.05) is 17.7 Å². The van der Waals surface area contributed by atoms with Gasteiger partial charge < -0.3 is 10.1 Å². The maximum absolute atomic E-state index is 12.7. The molecule has 146 valence electrons. The van der Waals surface area contributed by atoms with E-state index in [0.29, 0.717) is 23.5 Å². The van der Waals surface area contributed by atoms with Crippen molar-refractivity contribution in [2.24, 2.45) is 0 Å². The molecule has 8 heteroatoms. The van der Waals surface area contributed by atoms with Gasteiger partial charge in [0.2, 0.25) is 5.91 Å².